The molecule has 0 aromatic heterocycles. The Hall–Kier alpha value is -1.81. The van der Waals surface area contributed by atoms with Gasteiger partial charge in [0.15, 0.2) is 0 Å². The van der Waals surface area contributed by atoms with Crippen molar-refractivity contribution >= 4 is 17.4 Å². The van der Waals surface area contributed by atoms with Crippen molar-refractivity contribution in [2.24, 2.45) is 0 Å². The minimum absolute atomic E-state index is 0.507. The van der Waals surface area contributed by atoms with E-state index in [4.69, 9.17) is 15.2 Å². The fraction of sp³-hybridized carbons (Fsp3) is 0.200. The molecule has 2 rings (SSSR count). The summed E-state index contributed by atoms with van der Waals surface area (Å²) in [6, 6.07) is 15.4. The summed E-state index contributed by atoms with van der Waals surface area (Å²) in [4.78, 5) is 1.03. The van der Waals surface area contributed by atoms with Crippen molar-refractivity contribution in [3.63, 3.8) is 0 Å². The average molecular weight is 275 g/mol. The molecule has 100 valence electrons. The van der Waals surface area contributed by atoms with Crippen LogP contribution in [0.2, 0.25) is 0 Å². The molecule has 0 saturated carbocycles. The van der Waals surface area contributed by atoms with Gasteiger partial charge in [0.1, 0.15) is 24.7 Å². The summed E-state index contributed by atoms with van der Waals surface area (Å²) in [5.74, 6) is 1.67. The zero-order valence-electron chi connectivity index (χ0n) is 10.8. The first kappa shape index (κ1) is 13.6. The first-order valence-corrected chi connectivity index (χ1v) is 7.26. The van der Waals surface area contributed by atoms with Gasteiger partial charge in [-0.2, -0.15) is 0 Å². The zero-order chi connectivity index (χ0) is 13.5. The van der Waals surface area contributed by atoms with Crippen LogP contribution in [0.3, 0.4) is 0 Å². The van der Waals surface area contributed by atoms with Crippen LogP contribution >= 0.6 is 11.8 Å². The topological polar surface area (TPSA) is 44.5 Å². The van der Waals surface area contributed by atoms with Crippen molar-refractivity contribution in [3.05, 3.63) is 48.5 Å². The summed E-state index contributed by atoms with van der Waals surface area (Å²) in [6.07, 6.45) is 1.99. The van der Waals surface area contributed by atoms with Gasteiger partial charge in [0, 0.05) is 10.6 Å². The fourth-order valence-corrected chi connectivity index (χ4v) is 2.15. The van der Waals surface area contributed by atoms with E-state index in [-0.39, 0.29) is 0 Å². The molecule has 0 bridgehead atoms. The lowest BCUT2D eigenvalue weighted by Gasteiger charge is -2.10. The number of hydrogen-bond donors (Lipinski definition) is 1. The number of ether oxygens (including phenoxy) is 2. The van der Waals surface area contributed by atoms with E-state index in [9.17, 15) is 0 Å². The van der Waals surface area contributed by atoms with E-state index in [0.717, 1.165) is 22.1 Å². The number of rotatable bonds is 6. The van der Waals surface area contributed by atoms with Gasteiger partial charge in [-0.1, -0.05) is 18.2 Å². The van der Waals surface area contributed by atoms with Gasteiger partial charge in [0.25, 0.3) is 0 Å². The average Bonchev–Trinajstić information content (AvgIpc) is 2.46. The maximum absolute atomic E-state index is 5.83. The zero-order valence-corrected chi connectivity index (χ0v) is 11.7. The first-order valence-electron chi connectivity index (χ1n) is 6.04. The maximum atomic E-state index is 5.83. The molecule has 0 spiro atoms. The smallest absolute Gasteiger partial charge is 0.122 e. The lowest BCUT2D eigenvalue weighted by Crippen LogP contribution is -2.09. The summed E-state index contributed by atoms with van der Waals surface area (Å²) >= 11 is 1.61. The molecule has 2 aromatic carbocycles. The van der Waals surface area contributed by atoms with E-state index in [0.29, 0.717) is 13.2 Å². The molecule has 0 saturated heterocycles. The van der Waals surface area contributed by atoms with E-state index in [2.05, 4.69) is 0 Å². The monoisotopic (exact) mass is 275 g/mol. The van der Waals surface area contributed by atoms with Crippen molar-refractivity contribution in [2.45, 2.75) is 4.90 Å². The predicted molar refractivity (Wildman–Crippen MR) is 80.1 cm³/mol. The summed E-state index contributed by atoms with van der Waals surface area (Å²) in [7, 11) is 0. The van der Waals surface area contributed by atoms with Crippen molar-refractivity contribution in [3.8, 4) is 11.5 Å². The third kappa shape index (κ3) is 4.10. The first-order chi connectivity index (χ1) is 9.29. The fourth-order valence-electron chi connectivity index (χ4n) is 1.62. The van der Waals surface area contributed by atoms with Gasteiger partial charge in [0.05, 0.1) is 0 Å². The summed E-state index contributed by atoms with van der Waals surface area (Å²) in [5, 5.41) is 0. The third-order valence-corrected chi connectivity index (χ3v) is 3.36. The summed E-state index contributed by atoms with van der Waals surface area (Å²) < 4.78 is 11.2. The van der Waals surface area contributed by atoms with Crippen molar-refractivity contribution in [1.82, 2.24) is 0 Å². The summed E-state index contributed by atoms with van der Waals surface area (Å²) in [5.41, 5.74) is 6.61. The molecule has 0 heterocycles. The van der Waals surface area contributed by atoms with Crippen LogP contribution < -0.4 is 15.2 Å². The molecular weight excluding hydrogens is 258 g/mol. The molecule has 19 heavy (non-hydrogen) atoms. The summed E-state index contributed by atoms with van der Waals surface area (Å²) in [6.45, 7) is 1.02. The molecule has 2 N–H and O–H groups in total. The Morgan fingerprint density at radius 2 is 1.63 bits per heavy atom. The Bertz CT molecular complexity index is 517. The Balaban J connectivity index is 1.80. The number of nitrogens with two attached hydrogens (primary N) is 1. The molecule has 0 aliphatic rings. The van der Waals surface area contributed by atoms with Crippen LogP contribution in [0.25, 0.3) is 0 Å². The molecule has 0 aliphatic carbocycles. The number of nitrogen functional groups attached to an aromatic ring is 1. The quantitative estimate of drug-likeness (QED) is 0.498. The molecule has 0 unspecified atom stereocenters. The van der Waals surface area contributed by atoms with Gasteiger partial charge < -0.3 is 15.2 Å². The van der Waals surface area contributed by atoms with Gasteiger partial charge in [-0.3, -0.25) is 0 Å². The lowest BCUT2D eigenvalue weighted by atomic mass is 10.3. The van der Waals surface area contributed by atoms with Crippen LogP contribution in [0.4, 0.5) is 5.69 Å². The van der Waals surface area contributed by atoms with Crippen molar-refractivity contribution < 1.29 is 9.47 Å². The van der Waals surface area contributed by atoms with Crippen molar-refractivity contribution in [2.75, 3.05) is 25.2 Å². The Morgan fingerprint density at radius 3 is 2.32 bits per heavy atom. The standard InChI is InChI=1S/C15H17NO2S/c1-19-15-11-13(7-8-14(15)16)18-10-9-17-12-5-3-2-4-6-12/h2-8,11H,9-10,16H2,1H3. The van der Waals surface area contributed by atoms with Crippen LogP contribution in [0, 0.1) is 0 Å². The SMILES string of the molecule is CSc1cc(OCCOc2ccccc2)ccc1N. The van der Waals surface area contributed by atoms with Crippen LogP contribution in [-0.4, -0.2) is 19.5 Å². The Kier molecular flexibility index (Phi) is 4.98. The highest BCUT2D eigenvalue weighted by Gasteiger charge is 2.01. The molecule has 3 nitrogen and oxygen atoms in total. The maximum Gasteiger partial charge on any atom is 0.122 e. The minimum atomic E-state index is 0.507. The van der Waals surface area contributed by atoms with Gasteiger partial charge >= 0.3 is 0 Å². The largest absolute Gasteiger partial charge is 0.490 e. The van der Waals surface area contributed by atoms with Crippen LogP contribution in [-0.2, 0) is 0 Å². The van der Waals surface area contributed by atoms with Gasteiger partial charge in [0.2, 0.25) is 0 Å². The second kappa shape index (κ2) is 6.95. The highest BCUT2D eigenvalue weighted by atomic mass is 32.2. The van der Waals surface area contributed by atoms with Crippen LogP contribution in [0.5, 0.6) is 11.5 Å². The van der Waals surface area contributed by atoms with Crippen molar-refractivity contribution in [1.29, 1.82) is 0 Å². The number of thioether (sulfide) groups is 1. The third-order valence-electron chi connectivity index (χ3n) is 2.57. The molecule has 0 amide bonds. The molecule has 2 aromatic rings. The highest BCUT2D eigenvalue weighted by Crippen LogP contribution is 2.27. The number of hydrogen-bond acceptors (Lipinski definition) is 4. The molecule has 0 fully saturated rings. The normalized spacial score (nSPS) is 10.2. The molecule has 0 aliphatic heterocycles. The predicted octanol–water partition coefficient (Wildman–Crippen LogP) is 3.45. The Labute approximate surface area is 117 Å². The second-order valence-electron chi connectivity index (χ2n) is 3.91. The minimum Gasteiger partial charge on any atom is -0.490 e. The van der Waals surface area contributed by atoms with E-state index < -0.39 is 0 Å². The Morgan fingerprint density at radius 1 is 0.947 bits per heavy atom. The van der Waals surface area contributed by atoms with E-state index in [1.54, 1.807) is 11.8 Å². The lowest BCUT2D eigenvalue weighted by molar-refractivity contribution is 0.217. The van der Waals surface area contributed by atoms with Gasteiger partial charge in [-0.05, 0) is 36.6 Å². The van der Waals surface area contributed by atoms with E-state index >= 15 is 0 Å². The van der Waals surface area contributed by atoms with E-state index in [1.807, 2.05) is 54.8 Å². The second-order valence-corrected chi connectivity index (χ2v) is 4.76. The van der Waals surface area contributed by atoms with Gasteiger partial charge in [-0.15, -0.1) is 11.8 Å². The highest BCUT2D eigenvalue weighted by molar-refractivity contribution is 7.98. The number of anilines is 1. The molecule has 4 heteroatoms. The molecule has 0 atom stereocenters. The molecule has 0 radical (unpaired) electrons. The molecular formula is C15H17NO2S. The van der Waals surface area contributed by atoms with Crippen LogP contribution in [0.1, 0.15) is 0 Å². The number of benzene rings is 2. The number of para-hydroxylation sites is 1. The van der Waals surface area contributed by atoms with Crippen LogP contribution in [0.15, 0.2) is 53.4 Å². The van der Waals surface area contributed by atoms with Gasteiger partial charge in [-0.25, -0.2) is 0 Å². The van der Waals surface area contributed by atoms with E-state index in [1.165, 1.54) is 0 Å².